The smallest absolute Gasteiger partial charge is 0.264 e. The first kappa shape index (κ1) is 35.3. The number of amides is 2. The molecule has 0 spiro atoms. The van der Waals surface area contributed by atoms with Gasteiger partial charge in [-0.1, -0.05) is 95.0 Å². The summed E-state index contributed by atoms with van der Waals surface area (Å²) in [6.07, 6.45) is 0.178. The van der Waals surface area contributed by atoms with E-state index >= 15 is 0 Å². The summed E-state index contributed by atoms with van der Waals surface area (Å²) in [5, 5.41) is 3.93. The van der Waals surface area contributed by atoms with Crippen LogP contribution in [0.2, 0.25) is 15.1 Å². The summed E-state index contributed by atoms with van der Waals surface area (Å²) in [7, 11) is -4.25. The van der Waals surface area contributed by atoms with Crippen molar-refractivity contribution in [3.05, 3.63) is 129 Å². The Bertz CT molecular complexity index is 1790. The lowest BCUT2D eigenvalue weighted by molar-refractivity contribution is -0.140. The number of carbonyl (C=O) groups excluding carboxylic acids is 2. The highest BCUT2D eigenvalue weighted by Crippen LogP contribution is 2.28. The van der Waals surface area contributed by atoms with E-state index in [1.54, 1.807) is 48.5 Å². The summed E-state index contributed by atoms with van der Waals surface area (Å²) < 4.78 is 29.3. The van der Waals surface area contributed by atoms with Gasteiger partial charge in [-0.2, -0.15) is 0 Å². The van der Waals surface area contributed by atoms with Gasteiger partial charge < -0.3 is 10.2 Å². The van der Waals surface area contributed by atoms with Gasteiger partial charge in [0.15, 0.2) is 0 Å². The van der Waals surface area contributed by atoms with E-state index in [1.807, 2.05) is 58.0 Å². The van der Waals surface area contributed by atoms with E-state index < -0.39 is 34.1 Å². The minimum atomic E-state index is -4.25. The first-order valence-corrected chi connectivity index (χ1v) is 17.2. The Morgan fingerprint density at radius 2 is 1.48 bits per heavy atom. The van der Waals surface area contributed by atoms with Crippen molar-refractivity contribution in [2.24, 2.45) is 0 Å². The highest BCUT2D eigenvalue weighted by Gasteiger charge is 2.35. The number of nitrogens with zero attached hydrogens (tertiary/aromatic N) is 2. The number of aryl methyl sites for hydroxylation is 1. The van der Waals surface area contributed by atoms with Gasteiger partial charge in [0.05, 0.1) is 20.6 Å². The van der Waals surface area contributed by atoms with Crippen LogP contribution < -0.4 is 9.62 Å². The number of rotatable bonds is 11. The van der Waals surface area contributed by atoms with Crippen molar-refractivity contribution in [3.8, 4) is 0 Å². The number of halogens is 3. The molecule has 0 aliphatic heterocycles. The van der Waals surface area contributed by atoms with Crippen LogP contribution in [0.5, 0.6) is 0 Å². The van der Waals surface area contributed by atoms with E-state index in [2.05, 4.69) is 5.32 Å². The lowest BCUT2D eigenvalue weighted by Crippen LogP contribution is -2.56. The molecule has 1 atom stereocenters. The molecule has 1 N–H and O–H groups in total. The van der Waals surface area contributed by atoms with Gasteiger partial charge in [-0.15, -0.1) is 0 Å². The number of hydrogen-bond donors (Lipinski definition) is 1. The van der Waals surface area contributed by atoms with Crippen LogP contribution in [-0.4, -0.2) is 43.3 Å². The molecular formula is C35H36Cl3N3O4S. The molecule has 0 aliphatic rings. The Kier molecular flexibility index (Phi) is 11.4. The average Bonchev–Trinajstić information content (AvgIpc) is 2.99. The summed E-state index contributed by atoms with van der Waals surface area (Å²) >= 11 is 18.8. The maximum atomic E-state index is 14.5. The first-order chi connectivity index (χ1) is 21.6. The van der Waals surface area contributed by atoms with Crippen LogP contribution in [0.3, 0.4) is 0 Å². The second-order valence-electron chi connectivity index (χ2n) is 12.0. The SMILES string of the molecule is Cc1ccc(S(=O)(=O)N(CC(=O)N(Cc2ccc(Cl)c(Cl)c2)C(Cc2ccccc2)C(=O)NC(C)(C)C)c2cccc(Cl)c2)cc1. The van der Waals surface area contributed by atoms with Gasteiger partial charge in [0.25, 0.3) is 10.0 Å². The van der Waals surface area contributed by atoms with Crippen LogP contribution in [0, 0.1) is 6.92 Å². The number of benzene rings is 4. The number of nitrogens with one attached hydrogen (secondary N) is 1. The zero-order chi connectivity index (χ0) is 33.6. The maximum absolute atomic E-state index is 14.5. The number of carbonyl (C=O) groups is 2. The van der Waals surface area contributed by atoms with Crippen LogP contribution >= 0.6 is 34.8 Å². The first-order valence-electron chi connectivity index (χ1n) is 14.6. The van der Waals surface area contributed by atoms with Crippen molar-refractivity contribution in [1.29, 1.82) is 0 Å². The van der Waals surface area contributed by atoms with Gasteiger partial charge in [0, 0.05) is 23.5 Å². The molecule has 0 bridgehead atoms. The molecule has 46 heavy (non-hydrogen) atoms. The summed E-state index contributed by atoms with van der Waals surface area (Å²) in [4.78, 5) is 29.9. The van der Waals surface area contributed by atoms with Gasteiger partial charge in [-0.05, 0) is 81.3 Å². The molecule has 2 amide bonds. The lowest BCUT2D eigenvalue weighted by atomic mass is 10.0. The van der Waals surface area contributed by atoms with Gasteiger partial charge in [0.2, 0.25) is 11.8 Å². The van der Waals surface area contributed by atoms with Crippen LogP contribution in [0.25, 0.3) is 0 Å². The van der Waals surface area contributed by atoms with E-state index in [-0.39, 0.29) is 34.5 Å². The predicted octanol–water partition coefficient (Wildman–Crippen LogP) is 7.71. The summed E-state index contributed by atoms with van der Waals surface area (Å²) in [5.74, 6) is -0.993. The minimum absolute atomic E-state index is 0.00761. The molecule has 1 unspecified atom stereocenters. The fourth-order valence-corrected chi connectivity index (χ4v) is 6.75. The van der Waals surface area contributed by atoms with Crippen LogP contribution in [-0.2, 0) is 32.6 Å². The van der Waals surface area contributed by atoms with Crippen molar-refractivity contribution < 1.29 is 18.0 Å². The quantitative estimate of drug-likeness (QED) is 0.174. The van der Waals surface area contributed by atoms with Gasteiger partial charge in [0.1, 0.15) is 12.6 Å². The summed E-state index contributed by atoms with van der Waals surface area (Å²) in [6.45, 7) is 6.76. The molecule has 0 radical (unpaired) electrons. The fourth-order valence-electron chi connectivity index (χ4n) is 4.84. The highest BCUT2D eigenvalue weighted by atomic mass is 35.5. The number of anilines is 1. The summed E-state index contributed by atoms with van der Waals surface area (Å²) in [6, 6.07) is 25.9. The minimum Gasteiger partial charge on any atom is -0.350 e. The molecule has 0 fully saturated rings. The zero-order valence-electron chi connectivity index (χ0n) is 26.0. The molecule has 0 heterocycles. The van der Waals surface area contributed by atoms with Crippen molar-refractivity contribution >= 4 is 62.3 Å². The average molecular weight is 701 g/mol. The Morgan fingerprint density at radius 1 is 0.804 bits per heavy atom. The monoisotopic (exact) mass is 699 g/mol. The van der Waals surface area contributed by atoms with E-state index in [0.717, 1.165) is 15.4 Å². The molecular weight excluding hydrogens is 665 g/mol. The second-order valence-corrected chi connectivity index (χ2v) is 15.1. The Hall–Kier alpha value is -3.56. The molecule has 0 saturated heterocycles. The molecule has 0 saturated carbocycles. The number of hydrogen-bond acceptors (Lipinski definition) is 4. The summed E-state index contributed by atoms with van der Waals surface area (Å²) in [5.41, 5.74) is 1.91. The molecule has 4 rings (SSSR count). The van der Waals surface area contributed by atoms with Crippen LogP contribution in [0.1, 0.15) is 37.5 Å². The highest BCUT2D eigenvalue weighted by molar-refractivity contribution is 7.92. The molecule has 4 aromatic rings. The largest absolute Gasteiger partial charge is 0.350 e. The molecule has 242 valence electrons. The van der Waals surface area contributed by atoms with E-state index in [0.29, 0.717) is 15.6 Å². The standard InChI is InChI=1S/C35H36Cl3N3O4S/c1-24-13-16-29(17-14-24)46(44,45)41(28-12-8-11-27(36)21-28)23-33(42)40(22-26-15-18-30(37)31(38)19-26)32(34(43)39-35(2,3)4)20-25-9-6-5-7-10-25/h5-19,21,32H,20,22-23H2,1-4H3,(H,39,43). The third-order valence-corrected chi connectivity index (χ3v) is 9.85. The van der Waals surface area contributed by atoms with Gasteiger partial charge >= 0.3 is 0 Å². The van der Waals surface area contributed by atoms with E-state index in [1.165, 1.54) is 23.1 Å². The molecule has 0 aromatic heterocycles. The van der Waals surface area contributed by atoms with Crippen molar-refractivity contribution in [3.63, 3.8) is 0 Å². The Labute approximate surface area is 286 Å². The second kappa shape index (κ2) is 14.9. The number of sulfonamides is 1. The lowest BCUT2D eigenvalue weighted by Gasteiger charge is -2.35. The van der Waals surface area contributed by atoms with E-state index in [4.69, 9.17) is 34.8 Å². The van der Waals surface area contributed by atoms with Crippen molar-refractivity contribution in [2.75, 3.05) is 10.8 Å². The molecule has 4 aromatic carbocycles. The van der Waals surface area contributed by atoms with Crippen molar-refractivity contribution in [2.45, 2.75) is 57.1 Å². The topological polar surface area (TPSA) is 86.8 Å². The van der Waals surface area contributed by atoms with Crippen molar-refractivity contribution in [1.82, 2.24) is 10.2 Å². The maximum Gasteiger partial charge on any atom is 0.264 e. The Balaban J connectivity index is 1.83. The van der Waals surface area contributed by atoms with Gasteiger partial charge in [-0.25, -0.2) is 8.42 Å². The van der Waals surface area contributed by atoms with E-state index in [9.17, 15) is 18.0 Å². The molecule has 7 nitrogen and oxygen atoms in total. The zero-order valence-corrected chi connectivity index (χ0v) is 29.1. The third kappa shape index (κ3) is 9.26. The molecule has 11 heteroatoms. The fraction of sp³-hybridized carbons (Fsp3) is 0.257. The van der Waals surface area contributed by atoms with Crippen LogP contribution in [0.4, 0.5) is 5.69 Å². The predicted molar refractivity (Wildman–Crippen MR) is 186 cm³/mol. The normalized spacial score (nSPS) is 12.3. The third-order valence-electron chi connectivity index (χ3n) is 7.09. The van der Waals surface area contributed by atoms with Crippen LogP contribution in [0.15, 0.2) is 102 Å². The Morgan fingerprint density at radius 3 is 2.09 bits per heavy atom. The molecule has 0 aliphatic carbocycles. The van der Waals surface area contributed by atoms with Gasteiger partial charge in [-0.3, -0.25) is 13.9 Å².